The van der Waals surface area contributed by atoms with Crippen LogP contribution in [0.3, 0.4) is 0 Å². The van der Waals surface area contributed by atoms with Gasteiger partial charge in [-0.15, -0.1) is 0 Å². The third-order valence-electron chi connectivity index (χ3n) is 3.05. The van der Waals surface area contributed by atoms with E-state index in [4.69, 9.17) is 4.74 Å². The van der Waals surface area contributed by atoms with Crippen molar-refractivity contribution in [3.8, 4) is 5.75 Å². The Morgan fingerprint density at radius 1 is 0.810 bits per heavy atom. The highest BCUT2D eigenvalue weighted by Gasteiger charge is 1.97. The van der Waals surface area contributed by atoms with E-state index in [-0.39, 0.29) is 0 Å². The molecule has 21 heavy (non-hydrogen) atoms. The average molecular weight is 276 g/mol. The molecule has 0 bridgehead atoms. The summed E-state index contributed by atoms with van der Waals surface area (Å²) < 4.78 is 5.73. The highest BCUT2D eigenvalue weighted by Crippen LogP contribution is 2.20. The van der Waals surface area contributed by atoms with Crippen LogP contribution in [-0.2, 0) is 6.61 Å². The minimum absolute atomic E-state index is 0.527. The molecular weight excluding hydrogens is 260 g/mol. The number of anilines is 2. The molecule has 0 aliphatic rings. The van der Waals surface area contributed by atoms with Crippen LogP contribution in [0.1, 0.15) is 5.56 Å². The zero-order valence-electron chi connectivity index (χ0n) is 11.6. The predicted molar refractivity (Wildman–Crippen MR) is 84.7 cm³/mol. The zero-order valence-corrected chi connectivity index (χ0v) is 11.6. The summed E-state index contributed by atoms with van der Waals surface area (Å²) in [7, 11) is 0. The van der Waals surface area contributed by atoms with E-state index in [0.717, 1.165) is 22.7 Å². The molecule has 1 aromatic heterocycles. The van der Waals surface area contributed by atoms with Gasteiger partial charge in [0.05, 0.1) is 0 Å². The standard InChI is InChI=1S/C18H16N2O/c1-2-6-16(7-3-1)20-17-8-10-18(11-9-17)21-14-15-5-4-12-19-13-15/h1-13,20H,14H2. The first kappa shape index (κ1) is 13.2. The lowest BCUT2D eigenvalue weighted by molar-refractivity contribution is 0.306. The molecule has 2 aromatic carbocycles. The largest absolute Gasteiger partial charge is 0.489 e. The van der Waals surface area contributed by atoms with Gasteiger partial charge in [-0.3, -0.25) is 4.98 Å². The van der Waals surface area contributed by atoms with Crippen molar-refractivity contribution in [3.05, 3.63) is 84.7 Å². The Morgan fingerprint density at radius 2 is 1.57 bits per heavy atom. The first-order valence-electron chi connectivity index (χ1n) is 6.84. The molecule has 3 rings (SSSR count). The highest BCUT2D eigenvalue weighted by atomic mass is 16.5. The van der Waals surface area contributed by atoms with Crippen molar-refractivity contribution in [1.29, 1.82) is 0 Å². The van der Waals surface area contributed by atoms with Gasteiger partial charge in [-0.05, 0) is 42.5 Å². The molecule has 104 valence electrons. The van der Waals surface area contributed by atoms with Crippen molar-refractivity contribution in [3.63, 3.8) is 0 Å². The molecule has 0 atom stereocenters. The normalized spacial score (nSPS) is 10.1. The summed E-state index contributed by atoms with van der Waals surface area (Å²) in [5.74, 6) is 0.845. The van der Waals surface area contributed by atoms with E-state index >= 15 is 0 Å². The van der Waals surface area contributed by atoms with Gasteiger partial charge in [0.25, 0.3) is 0 Å². The molecule has 0 saturated heterocycles. The van der Waals surface area contributed by atoms with E-state index in [1.165, 1.54) is 0 Å². The Balaban J connectivity index is 1.59. The van der Waals surface area contributed by atoms with Gasteiger partial charge in [-0.25, -0.2) is 0 Å². The number of nitrogens with one attached hydrogen (secondary N) is 1. The lowest BCUT2D eigenvalue weighted by Crippen LogP contribution is -1.96. The average Bonchev–Trinajstić information content (AvgIpc) is 2.56. The number of ether oxygens (including phenoxy) is 1. The second-order valence-electron chi connectivity index (χ2n) is 4.67. The zero-order chi connectivity index (χ0) is 14.3. The van der Waals surface area contributed by atoms with E-state index in [2.05, 4.69) is 10.3 Å². The maximum Gasteiger partial charge on any atom is 0.119 e. The van der Waals surface area contributed by atoms with Crippen LogP contribution in [0.2, 0.25) is 0 Å². The van der Waals surface area contributed by atoms with Crippen molar-refractivity contribution in [2.75, 3.05) is 5.32 Å². The summed E-state index contributed by atoms with van der Waals surface area (Å²) in [6, 6.07) is 21.9. The number of nitrogens with zero attached hydrogens (tertiary/aromatic N) is 1. The maximum atomic E-state index is 5.73. The van der Waals surface area contributed by atoms with E-state index < -0.39 is 0 Å². The smallest absolute Gasteiger partial charge is 0.119 e. The Labute approximate surface area is 124 Å². The first-order valence-corrected chi connectivity index (χ1v) is 6.84. The lowest BCUT2D eigenvalue weighted by atomic mass is 10.2. The van der Waals surface area contributed by atoms with Gasteiger partial charge in [-0.2, -0.15) is 0 Å². The number of para-hydroxylation sites is 1. The fourth-order valence-electron chi connectivity index (χ4n) is 1.97. The third-order valence-corrected chi connectivity index (χ3v) is 3.05. The van der Waals surface area contributed by atoms with E-state index in [9.17, 15) is 0 Å². The van der Waals surface area contributed by atoms with E-state index in [1.807, 2.05) is 72.9 Å². The van der Waals surface area contributed by atoms with Gasteiger partial charge in [0.2, 0.25) is 0 Å². The molecule has 0 saturated carbocycles. The Morgan fingerprint density at radius 3 is 2.29 bits per heavy atom. The third kappa shape index (κ3) is 3.83. The molecule has 3 heteroatoms. The number of benzene rings is 2. The molecule has 1 N–H and O–H groups in total. The Kier molecular flexibility index (Phi) is 4.12. The summed E-state index contributed by atoms with van der Waals surface area (Å²) in [6.45, 7) is 0.527. The van der Waals surface area contributed by atoms with Gasteiger partial charge in [0.1, 0.15) is 12.4 Å². The molecule has 3 aromatic rings. The van der Waals surface area contributed by atoms with Crippen LogP contribution in [0, 0.1) is 0 Å². The van der Waals surface area contributed by atoms with Gasteiger partial charge in [0, 0.05) is 29.3 Å². The molecule has 1 heterocycles. The Hall–Kier alpha value is -2.81. The monoisotopic (exact) mass is 276 g/mol. The van der Waals surface area contributed by atoms with Crippen LogP contribution in [0.4, 0.5) is 11.4 Å². The second kappa shape index (κ2) is 6.57. The fourth-order valence-corrected chi connectivity index (χ4v) is 1.97. The van der Waals surface area contributed by atoms with Gasteiger partial charge in [-0.1, -0.05) is 24.3 Å². The fraction of sp³-hybridized carbons (Fsp3) is 0.0556. The van der Waals surface area contributed by atoms with Gasteiger partial charge in [0.15, 0.2) is 0 Å². The van der Waals surface area contributed by atoms with Crippen molar-refractivity contribution in [2.45, 2.75) is 6.61 Å². The highest BCUT2D eigenvalue weighted by molar-refractivity contribution is 5.59. The van der Waals surface area contributed by atoms with Crippen LogP contribution in [-0.4, -0.2) is 4.98 Å². The van der Waals surface area contributed by atoms with Crippen LogP contribution >= 0.6 is 0 Å². The minimum atomic E-state index is 0.527. The van der Waals surface area contributed by atoms with Crippen molar-refractivity contribution >= 4 is 11.4 Å². The van der Waals surface area contributed by atoms with Crippen molar-refractivity contribution < 1.29 is 4.74 Å². The first-order chi connectivity index (χ1) is 10.4. The number of hydrogen-bond acceptors (Lipinski definition) is 3. The van der Waals surface area contributed by atoms with E-state index in [0.29, 0.717) is 6.61 Å². The maximum absolute atomic E-state index is 5.73. The predicted octanol–water partition coefficient (Wildman–Crippen LogP) is 4.40. The van der Waals surface area contributed by atoms with Crippen molar-refractivity contribution in [2.24, 2.45) is 0 Å². The summed E-state index contributed by atoms with van der Waals surface area (Å²) in [4.78, 5) is 4.07. The molecule has 0 fully saturated rings. The SMILES string of the molecule is c1ccc(Nc2ccc(OCc3cccnc3)cc2)cc1. The minimum Gasteiger partial charge on any atom is -0.489 e. The number of rotatable bonds is 5. The van der Waals surface area contributed by atoms with Crippen LogP contribution < -0.4 is 10.1 Å². The number of hydrogen-bond donors (Lipinski definition) is 1. The quantitative estimate of drug-likeness (QED) is 0.749. The summed E-state index contributed by atoms with van der Waals surface area (Å²) in [6.07, 6.45) is 3.57. The number of pyridine rings is 1. The van der Waals surface area contributed by atoms with Gasteiger partial charge < -0.3 is 10.1 Å². The topological polar surface area (TPSA) is 34.1 Å². The molecule has 0 spiro atoms. The molecule has 0 aliphatic heterocycles. The van der Waals surface area contributed by atoms with Gasteiger partial charge >= 0.3 is 0 Å². The summed E-state index contributed by atoms with van der Waals surface area (Å²) in [5.41, 5.74) is 3.17. The van der Waals surface area contributed by atoms with E-state index in [1.54, 1.807) is 6.20 Å². The Bertz CT molecular complexity index is 667. The molecule has 0 radical (unpaired) electrons. The van der Waals surface area contributed by atoms with Crippen LogP contribution in [0.15, 0.2) is 79.1 Å². The second-order valence-corrected chi connectivity index (χ2v) is 4.67. The molecule has 3 nitrogen and oxygen atoms in total. The molecule has 0 unspecified atom stereocenters. The number of aromatic nitrogens is 1. The summed E-state index contributed by atoms with van der Waals surface area (Å²) in [5, 5.41) is 3.34. The van der Waals surface area contributed by atoms with Crippen LogP contribution in [0.5, 0.6) is 5.75 Å². The lowest BCUT2D eigenvalue weighted by Gasteiger charge is -2.09. The van der Waals surface area contributed by atoms with Crippen molar-refractivity contribution in [1.82, 2.24) is 4.98 Å². The van der Waals surface area contributed by atoms with Crippen LogP contribution in [0.25, 0.3) is 0 Å². The molecule has 0 amide bonds. The molecular formula is C18H16N2O. The molecule has 0 aliphatic carbocycles. The summed E-state index contributed by atoms with van der Waals surface area (Å²) >= 11 is 0.